The van der Waals surface area contributed by atoms with Crippen LogP contribution in [0.1, 0.15) is 28.4 Å². The Morgan fingerprint density at radius 3 is 2.48 bits per heavy atom. The molecule has 172 valence electrons. The van der Waals surface area contributed by atoms with Crippen molar-refractivity contribution in [2.24, 2.45) is 0 Å². The molecule has 0 saturated heterocycles. The molecule has 0 aromatic heterocycles. The Bertz CT molecular complexity index is 1150. The van der Waals surface area contributed by atoms with E-state index in [1.165, 1.54) is 6.07 Å². The molecule has 0 aliphatic carbocycles. The van der Waals surface area contributed by atoms with Crippen molar-refractivity contribution < 1.29 is 24.2 Å². The molecule has 0 saturated carbocycles. The van der Waals surface area contributed by atoms with Crippen molar-refractivity contribution in [2.75, 3.05) is 23.8 Å². The van der Waals surface area contributed by atoms with E-state index in [-0.39, 0.29) is 23.8 Å². The van der Waals surface area contributed by atoms with Gasteiger partial charge in [0.05, 0.1) is 17.2 Å². The molecule has 3 rings (SSSR count). The fraction of sp³-hybridized carbons (Fsp3) is 0.200. The number of nitrogens with one attached hydrogen (secondary N) is 2. The number of hydrogen-bond donors (Lipinski definition) is 3. The molecule has 0 spiro atoms. The summed E-state index contributed by atoms with van der Waals surface area (Å²) in [5.41, 5.74) is 3.39. The van der Waals surface area contributed by atoms with Crippen molar-refractivity contribution in [1.29, 1.82) is 0 Å². The highest BCUT2D eigenvalue weighted by Gasteiger charge is 2.15. The fourth-order valence-corrected chi connectivity index (χ4v) is 3.44. The van der Waals surface area contributed by atoms with Gasteiger partial charge < -0.3 is 25.2 Å². The van der Waals surface area contributed by atoms with Crippen LogP contribution in [-0.4, -0.2) is 30.2 Å². The summed E-state index contributed by atoms with van der Waals surface area (Å²) in [6.45, 7) is 4.33. The number of carbonyl (C=O) groups is 2. The van der Waals surface area contributed by atoms with Crippen LogP contribution in [0.2, 0.25) is 5.02 Å². The number of carbonyl (C=O) groups excluding carboxylic acids is 1. The summed E-state index contributed by atoms with van der Waals surface area (Å²) in [6.07, 6.45) is 0. The second-order valence-electron chi connectivity index (χ2n) is 7.28. The molecule has 0 heterocycles. The lowest BCUT2D eigenvalue weighted by atomic mass is 10.1. The zero-order chi connectivity index (χ0) is 23.8. The van der Waals surface area contributed by atoms with Crippen LogP contribution in [0.5, 0.6) is 11.5 Å². The summed E-state index contributed by atoms with van der Waals surface area (Å²) in [7, 11) is 0. The summed E-state index contributed by atoms with van der Waals surface area (Å²) in [4.78, 5) is 23.5. The van der Waals surface area contributed by atoms with Crippen LogP contribution in [0.3, 0.4) is 0 Å². The van der Waals surface area contributed by atoms with Crippen LogP contribution in [0.25, 0.3) is 0 Å². The number of aromatic carboxylic acids is 1. The first-order valence-electron chi connectivity index (χ1n) is 10.4. The van der Waals surface area contributed by atoms with E-state index in [9.17, 15) is 9.59 Å². The number of hydrogen-bond acceptors (Lipinski definition) is 5. The summed E-state index contributed by atoms with van der Waals surface area (Å²) in [5.74, 6) is -0.601. The molecule has 0 aliphatic rings. The van der Waals surface area contributed by atoms with E-state index in [1.54, 1.807) is 36.4 Å². The van der Waals surface area contributed by atoms with Gasteiger partial charge in [0.1, 0.15) is 0 Å². The Morgan fingerprint density at radius 2 is 1.76 bits per heavy atom. The second kappa shape index (κ2) is 11.2. The molecule has 3 N–H and O–H groups in total. The second-order valence-corrected chi connectivity index (χ2v) is 7.69. The number of carboxylic acids is 1. The molecule has 33 heavy (non-hydrogen) atoms. The van der Waals surface area contributed by atoms with Gasteiger partial charge in [0.15, 0.2) is 18.1 Å². The molecular formula is C25H25ClN2O5. The first-order chi connectivity index (χ1) is 15.9. The average molecular weight is 469 g/mol. The third-order valence-corrected chi connectivity index (χ3v) is 4.91. The van der Waals surface area contributed by atoms with E-state index in [1.807, 2.05) is 32.0 Å². The number of rotatable bonds is 10. The third kappa shape index (κ3) is 6.89. The molecule has 3 aromatic rings. The molecule has 8 heteroatoms. The van der Waals surface area contributed by atoms with Gasteiger partial charge in [-0.15, -0.1) is 0 Å². The number of ether oxygens (including phenoxy) is 2. The summed E-state index contributed by atoms with van der Waals surface area (Å²) < 4.78 is 11.4. The number of benzene rings is 3. The lowest BCUT2D eigenvalue weighted by molar-refractivity contribution is -0.118. The van der Waals surface area contributed by atoms with E-state index in [2.05, 4.69) is 10.6 Å². The largest absolute Gasteiger partial charge is 0.490 e. The lowest BCUT2D eigenvalue weighted by Gasteiger charge is -2.16. The molecule has 0 radical (unpaired) electrons. The van der Waals surface area contributed by atoms with E-state index in [0.717, 1.165) is 11.1 Å². The van der Waals surface area contributed by atoms with Crippen molar-refractivity contribution in [3.05, 3.63) is 82.4 Å². The third-order valence-electron chi connectivity index (χ3n) is 4.62. The Hall–Kier alpha value is -3.71. The van der Waals surface area contributed by atoms with Crippen LogP contribution in [-0.2, 0) is 11.3 Å². The van der Waals surface area contributed by atoms with Gasteiger partial charge in [-0.3, -0.25) is 4.79 Å². The van der Waals surface area contributed by atoms with Crippen LogP contribution in [0.4, 0.5) is 11.4 Å². The number of halogens is 1. The molecule has 7 nitrogen and oxygen atoms in total. The van der Waals surface area contributed by atoms with Crippen molar-refractivity contribution >= 4 is 34.9 Å². The first-order valence-corrected chi connectivity index (χ1v) is 10.7. The topological polar surface area (TPSA) is 96.9 Å². The molecule has 0 bridgehead atoms. The predicted octanol–water partition coefficient (Wildman–Crippen LogP) is 5.37. The number of amides is 1. The quantitative estimate of drug-likeness (QED) is 0.370. The highest BCUT2D eigenvalue weighted by atomic mass is 35.5. The van der Waals surface area contributed by atoms with E-state index >= 15 is 0 Å². The maximum absolute atomic E-state index is 12.3. The van der Waals surface area contributed by atoms with Crippen molar-refractivity contribution in [3.8, 4) is 11.5 Å². The fourth-order valence-electron chi connectivity index (χ4n) is 3.15. The van der Waals surface area contributed by atoms with Crippen LogP contribution in [0.15, 0.2) is 60.7 Å². The maximum Gasteiger partial charge on any atom is 0.335 e. The Balaban J connectivity index is 1.68. The van der Waals surface area contributed by atoms with Gasteiger partial charge in [0.25, 0.3) is 5.91 Å². The normalized spacial score (nSPS) is 10.4. The van der Waals surface area contributed by atoms with Gasteiger partial charge in [0.2, 0.25) is 0 Å². The standard InChI is InChI=1S/C25H25ClN2O5/c1-3-32-22-12-17(14-27-19-8-5-7-18(13-19)25(30)31)11-21(26)24(22)33-15-23(29)28-20-9-4-6-16(2)10-20/h4-13,27H,3,14-15H2,1-2H3,(H,28,29)(H,30,31). The molecule has 3 aromatic carbocycles. The summed E-state index contributed by atoms with van der Waals surface area (Å²) in [6, 6.07) is 17.5. The molecule has 0 unspecified atom stereocenters. The van der Waals surface area contributed by atoms with E-state index in [4.69, 9.17) is 26.2 Å². The van der Waals surface area contributed by atoms with Crippen molar-refractivity contribution in [3.63, 3.8) is 0 Å². The lowest BCUT2D eigenvalue weighted by Crippen LogP contribution is -2.20. The molecule has 0 aliphatic heterocycles. The predicted molar refractivity (Wildman–Crippen MR) is 129 cm³/mol. The highest BCUT2D eigenvalue weighted by molar-refractivity contribution is 6.32. The SMILES string of the molecule is CCOc1cc(CNc2cccc(C(=O)O)c2)cc(Cl)c1OCC(=O)Nc1cccc(C)c1. The van der Waals surface area contributed by atoms with Gasteiger partial charge >= 0.3 is 5.97 Å². The van der Waals surface area contributed by atoms with Gasteiger partial charge in [0, 0.05) is 17.9 Å². The summed E-state index contributed by atoms with van der Waals surface area (Å²) >= 11 is 6.44. The molecule has 1 amide bonds. The van der Waals surface area contributed by atoms with E-state index < -0.39 is 5.97 Å². The first kappa shape index (κ1) is 23.9. The van der Waals surface area contributed by atoms with Gasteiger partial charge in [-0.05, 0) is 67.4 Å². The average Bonchev–Trinajstić information content (AvgIpc) is 2.77. The number of anilines is 2. The Labute approximate surface area is 197 Å². The smallest absolute Gasteiger partial charge is 0.335 e. The molecular weight excluding hydrogens is 444 g/mol. The zero-order valence-electron chi connectivity index (χ0n) is 18.4. The Morgan fingerprint density at radius 1 is 1.00 bits per heavy atom. The van der Waals surface area contributed by atoms with Crippen molar-refractivity contribution in [1.82, 2.24) is 0 Å². The highest BCUT2D eigenvalue weighted by Crippen LogP contribution is 2.37. The monoisotopic (exact) mass is 468 g/mol. The van der Waals surface area contributed by atoms with E-state index in [0.29, 0.717) is 35.3 Å². The molecule has 0 atom stereocenters. The minimum atomic E-state index is -0.992. The Kier molecular flexibility index (Phi) is 8.16. The van der Waals surface area contributed by atoms with Gasteiger partial charge in [-0.1, -0.05) is 29.8 Å². The van der Waals surface area contributed by atoms with Crippen LogP contribution >= 0.6 is 11.6 Å². The summed E-state index contributed by atoms with van der Waals surface area (Å²) in [5, 5.41) is 15.4. The number of aryl methyl sites for hydroxylation is 1. The van der Waals surface area contributed by atoms with Crippen LogP contribution in [0, 0.1) is 6.92 Å². The maximum atomic E-state index is 12.3. The minimum absolute atomic E-state index is 0.195. The van der Waals surface area contributed by atoms with Crippen molar-refractivity contribution in [2.45, 2.75) is 20.4 Å². The minimum Gasteiger partial charge on any atom is -0.490 e. The molecule has 0 fully saturated rings. The van der Waals surface area contributed by atoms with Gasteiger partial charge in [-0.25, -0.2) is 4.79 Å². The number of carboxylic acid groups (broad SMARTS) is 1. The zero-order valence-corrected chi connectivity index (χ0v) is 19.1. The van der Waals surface area contributed by atoms with Crippen LogP contribution < -0.4 is 20.1 Å². The van der Waals surface area contributed by atoms with Gasteiger partial charge in [-0.2, -0.15) is 0 Å².